The first-order chi connectivity index (χ1) is 12.9. The number of halogens is 1. The summed E-state index contributed by atoms with van der Waals surface area (Å²) in [5, 5.41) is 8.11. The van der Waals surface area contributed by atoms with E-state index < -0.39 is 0 Å². The van der Waals surface area contributed by atoms with Crippen molar-refractivity contribution in [3.8, 4) is 22.8 Å². The van der Waals surface area contributed by atoms with Crippen LogP contribution in [0.4, 0.5) is 11.6 Å². The predicted molar refractivity (Wildman–Crippen MR) is 102 cm³/mol. The first-order valence-corrected chi connectivity index (χ1v) is 8.90. The molecule has 0 amide bonds. The fourth-order valence-corrected chi connectivity index (χ4v) is 3.24. The van der Waals surface area contributed by atoms with Gasteiger partial charge < -0.3 is 20.8 Å². The Balaban J connectivity index is 1.81. The SMILES string of the molecule is CC1(N)CCN(c2nc(N)c(-c3ccnc(Cl)c3)nc2-c2nnco2)CC1. The zero-order valence-corrected chi connectivity index (χ0v) is 15.5. The van der Waals surface area contributed by atoms with Crippen LogP contribution in [0.15, 0.2) is 29.1 Å². The van der Waals surface area contributed by atoms with E-state index in [2.05, 4.69) is 32.0 Å². The first-order valence-electron chi connectivity index (χ1n) is 8.53. The van der Waals surface area contributed by atoms with Gasteiger partial charge >= 0.3 is 0 Å². The lowest BCUT2D eigenvalue weighted by Gasteiger charge is -2.37. The van der Waals surface area contributed by atoms with Crippen LogP contribution >= 0.6 is 11.6 Å². The van der Waals surface area contributed by atoms with Gasteiger partial charge in [-0.05, 0) is 31.9 Å². The van der Waals surface area contributed by atoms with Crippen LogP contribution in [0.3, 0.4) is 0 Å². The second-order valence-corrected chi connectivity index (χ2v) is 7.27. The number of nitrogens with zero attached hydrogens (tertiary/aromatic N) is 6. The zero-order valence-electron chi connectivity index (χ0n) is 14.8. The molecule has 0 unspecified atom stereocenters. The van der Waals surface area contributed by atoms with Crippen molar-refractivity contribution >= 4 is 23.2 Å². The minimum absolute atomic E-state index is 0.187. The third-order valence-electron chi connectivity index (χ3n) is 4.67. The normalized spacial score (nSPS) is 16.5. The van der Waals surface area contributed by atoms with Crippen LogP contribution in [0.25, 0.3) is 22.8 Å². The van der Waals surface area contributed by atoms with E-state index in [0.717, 1.165) is 25.9 Å². The molecule has 0 aliphatic carbocycles. The van der Waals surface area contributed by atoms with E-state index in [9.17, 15) is 0 Å². The Hall–Kier alpha value is -2.78. The van der Waals surface area contributed by atoms with Gasteiger partial charge in [-0.1, -0.05) is 11.6 Å². The molecule has 27 heavy (non-hydrogen) atoms. The molecule has 1 aliphatic rings. The Labute approximate surface area is 160 Å². The highest BCUT2D eigenvalue weighted by molar-refractivity contribution is 6.29. The van der Waals surface area contributed by atoms with Crippen molar-refractivity contribution < 1.29 is 4.42 Å². The summed E-state index contributed by atoms with van der Waals surface area (Å²) in [4.78, 5) is 15.4. The Bertz CT molecular complexity index is 950. The molecule has 1 fully saturated rings. The molecular formula is C17H19ClN8O. The molecule has 4 rings (SSSR count). The van der Waals surface area contributed by atoms with Crippen molar-refractivity contribution in [1.82, 2.24) is 25.1 Å². The number of piperidine rings is 1. The molecule has 4 N–H and O–H groups in total. The molecule has 140 valence electrons. The summed E-state index contributed by atoms with van der Waals surface area (Å²) >= 11 is 6.01. The van der Waals surface area contributed by atoms with Gasteiger partial charge in [0.2, 0.25) is 6.39 Å². The molecule has 0 aromatic carbocycles. The number of hydrogen-bond donors (Lipinski definition) is 2. The van der Waals surface area contributed by atoms with Crippen molar-refractivity contribution in [1.29, 1.82) is 0 Å². The predicted octanol–water partition coefficient (Wildman–Crippen LogP) is 2.14. The molecule has 0 radical (unpaired) electrons. The van der Waals surface area contributed by atoms with Gasteiger partial charge in [0.05, 0.1) is 0 Å². The summed E-state index contributed by atoms with van der Waals surface area (Å²) in [6, 6.07) is 3.45. The number of anilines is 2. The largest absolute Gasteiger partial charge is 0.422 e. The average molecular weight is 387 g/mol. The zero-order chi connectivity index (χ0) is 19.0. The van der Waals surface area contributed by atoms with E-state index in [0.29, 0.717) is 27.9 Å². The molecule has 0 atom stereocenters. The van der Waals surface area contributed by atoms with Crippen molar-refractivity contribution in [3.63, 3.8) is 0 Å². The standard InChI is InChI=1S/C17H19ClN8O/c1-17(20)3-6-26(7-4-17)15-13(16-25-22-9-27-16)23-12(14(19)24-15)10-2-5-21-11(18)8-10/h2,5,8-9H,3-4,6-7,20H2,1H3,(H2,19,24). The van der Waals surface area contributed by atoms with E-state index in [1.807, 2.05) is 0 Å². The molecule has 0 bridgehead atoms. The third kappa shape index (κ3) is 3.56. The van der Waals surface area contributed by atoms with E-state index in [4.69, 9.17) is 32.5 Å². The number of nitrogens with two attached hydrogens (primary N) is 2. The highest BCUT2D eigenvalue weighted by Crippen LogP contribution is 2.34. The Morgan fingerprint density at radius 1 is 1.22 bits per heavy atom. The fourth-order valence-electron chi connectivity index (χ4n) is 3.07. The highest BCUT2D eigenvalue weighted by Gasteiger charge is 2.30. The van der Waals surface area contributed by atoms with E-state index in [-0.39, 0.29) is 17.2 Å². The summed E-state index contributed by atoms with van der Waals surface area (Å²) in [5.41, 5.74) is 14.0. The fraction of sp³-hybridized carbons (Fsp3) is 0.353. The number of pyridine rings is 1. The van der Waals surface area contributed by atoms with Crippen LogP contribution in [0.2, 0.25) is 5.15 Å². The maximum atomic E-state index is 6.25. The maximum Gasteiger partial charge on any atom is 0.269 e. The summed E-state index contributed by atoms with van der Waals surface area (Å²) in [6.45, 7) is 3.53. The van der Waals surface area contributed by atoms with E-state index >= 15 is 0 Å². The summed E-state index contributed by atoms with van der Waals surface area (Å²) < 4.78 is 5.39. The molecule has 3 aromatic rings. The summed E-state index contributed by atoms with van der Waals surface area (Å²) in [6.07, 6.45) is 4.51. The van der Waals surface area contributed by atoms with Gasteiger partial charge in [-0.25, -0.2) is 15.0 Å². The van der Waals surface area contributed by atoms with Gasteiger partial charge in [0.25, 0.3) is 5.89 Å². The van der Waals surface area contributed by atoms with Crippen LogP contribution < -0.4 is 16.4 Å². The third-order valence-corrected chi connectivity index (χ3v) is 4.88. The Morgan fingerprint density at radius 3 is 2.67 bits per heavy atom. The molecule has 9 nitrogen and oxygen atoms in total. The molecule has 10 heteroatoms. The van der Waals surface area contributed by atoms with E-state index in [1.54, 1.807) is 18.3 Å². The number of hydrogen-bond acceptors (Lipinski definition) is 9. The Morgan fingerprint density at radius 2 is 2.00 bits per heavy atom. The average Bonchev–Trinajstić information content (AvgIpc) is 3.16. The quantitative estimate of drug-likeness (QED) is 0.649. The topological polar surface area (TPSA) is 133 Å². The van der Waals surface area contributed by atoms with Crippen LogP contribution in [0.5, 0.6) is 0 Å². The van der Waals surface area contributed by atoms with Crippen LogP contribution in [0.1, 0.15) is 19.8 Å². The first kappa shape index (κ1) is 17.6. The molecule has 4 heterocycles. The molecule has 0 spiro atoms. The second kappa shape index (κ2) is 6.75. The van der Waals surface area contributed by atoms with Crippen LogP contribution in [-0.4, -0.2) is 43.8 Å². The maximum absolute atomic E-state index is 6.25. The van der Waals surface area contributed by atoms with Crippen molar-refractivity contribution in [2.75, 3.05) is 23.7 Å². The summed E-state index contributed by atoms with van der Waals surface area (Å²) in [7, 11) is 0. The van der Waals surface area contributed by atoms with Gasteiger partial charge in [0, 0.05) is 30.4 Å². The van der Waals surface area contributed by atoms with Gasteiger partial charge in [-0.3, -0.25) is 0 Å². The van der Waals surface area contributed by atoms with Gasteiger partial charge in [0.15, 0.2) is 17.3 Å². The highest BCUT2D eigenvalue weighted by atomic mass is 35.5. The molecule has 1 aliphatic heterocycles. The van der Waals surface area contributed by atoms with Gasteiger partial charge in [-0.15, -0.1) is 10.2 Å². The molecule has 0 saturated carbocycles. The minimum Gasteiger partial charge on any atom is -0.422 e. The smallest absolute Gasteiger partial charge is 0.269 e. The van der Waals surface area contributed by atoms with Crippen molar-refractivity contribution in [2.24, 2.45) is 5.73 Å². The lowest BCUT2D eigenvalue weighted by Crippen LogP contribution is -2.48. The lowest BCUT2D eigenvalue weighted by molar-refractivity contribution is 0.363. The number of nitrogen functional groups attached to an aromatic ring is 1. The molecule has 3 aromatic heterocycles. The van der Waals surface area contributed by atoms with Crippen molar-refractivity contribution in [2.45, 2.75) is 25.3 Å². The van der Waals surface area contributed by atoms with Crippen molar-refractivity contribution in [3.05, 3.63) is 29.9 Å². The van der Waals surface area contributed by atoms with E-state index in [1.165, 1.54) is 6.39 Å². The second-order valence-electron chi connectivity index (χ2n) is 6.88. The summed E-state index contributed by atoms with van der Waals surface area (Å²) in [5.74, 6) is 1.17. The molecular weight excluding hydrogens is 368 g/mol. The van der Waals surface area contributed by atoms with Gasteiger partial charge in [-0.2, -0.15) is 0 Å². The van der Waals surface area contributed by atoms with Crippen LogP contribution in [0, 0.1) is 0 Å². The number of rotatable bonds is 3. The van der Waals surface area contributed by atoms with Crippen LogP contribution in [-0.2, 0) is 0 Å². The lowest BCUT2D eigenvalue weighted by atomic mass is 9.91. The molecule has 1 saturated heterocycles. The Kier molecular flexibility index (Phi) is 4.40. The minimum atomic E-state index is -0.187. The van der Waals surface area contributed by atoms with Gasteiger partial charge in [0.1, 0.15) is 10.8 Å². The number of aromatic nitrogens is 5. The monoisotopic (exact) mass is 386 g/mol.